The van der Waals surface area contributed by atoms with Crippen molar-refractivity contribution in [2.24, 2.45) is 0 Å². The molecule has 140 valence electrons. The highest BCUT2D eigenvalue weighted by atomic mass is 16.5. The predicted octanol–water partition coefficient (Wildman–Crippen LogP) is 3.03. The van der Waals surface area contributed by atoms with Gasteiger partial charge >= 0.3 is 0 Å². The fourth-order valence-electron chi connectivity index (χ4n) is 2.69. The third-order valence-electron chi connectivity index (χ3n) is 4.08. The Kier molecular flexibility index (Phi) is 5.61. The Balaban J connectivity index is 1.80. The summed E-state index contributed by atoms with van der Waals surface area (Å²) in [4.78, 5) is 12.4. The molecule has 2 aromatic carbocycles. The van der Waals surface area contributed by atoms with Crippen LogP contribution in [-0.2, 0) is 6.54 Å². The molecule has 0 saturated carbocycles. The highest BCUT2D eigenvalue weighted by Gasteiger charge is 2.17. The number of hydrogen-bond donors (Lipinski definition) is 2. The Labute approximate surface area is 157 Å². The lowest BCUT2D eigenvalue weighted by atomic mass is 10.1. The number of rotatable bonds is 7. The Bertz CT molecular complexity index is 897. The van der Waals surface area contributed by atoms with Gasteiger partial charge in [-0.05, 0) is 23.8 Å². The van der Waals surface area contributed by atoms with Gasteiger partial charge in [0, 0.05) is 12.1 Å². The van der Waals surface area contributed by atoms with Crippen molar-refractivity contribution in [1.82, 2.24) is 15.5 Å². The molecule has 0 spiro atoms. The van der Waals surface area contributed by atoms with Gasteiger partial charge in [0.1, 0.15) is 5.69 Å². The van der Waals surface area contributed by atoms with Gasteiger partial charge in [-0.25, -0.2) is 0 Å². The average Bonchev–Trinajstić information content (AvgIpc) is 3.22. The number of hydrogen-bond acceptors (Lipinski definition) is 5. The summed E-state index contributed by atoms with van der Waals surface area (Å²) in [5.41, 5.74) is 2.73. The van der Waals surface area contributed by atoms with Crippen molar-refractivity contribution >= 4 is 5.91 Å². The molecule has 0 bridgehead atoms. The van der Waals surface area contributed by atoms with Crippen molar-refractivity contribution in [1.29, 1.82) is 0 Å². The number of benzene rings is 2. The molecule has 3 aromatic rings. The van der Waals surface area contributed by atoms with Crippen LogP contribution in [0.1, 0.15) is 16.1 Å². The molecule has 3 rings (SSSR count). The van der Waals surface area contributed by atoms with Crippen molar-refractivity contribution in [3.8, 4) is 28.5 Å². The predicted molar refractivity (Wildman–Crippen MR) is 101 cm³/mol. The highest BCUT2D eigenvalue weighted by molar-refractivity contribution is 5.93. The first-order valence-electron chi connectivity index (χ1n) is 8.34. The summed E-state index contributed by atoms with van der Waals surface area (Å²) < 4.78 is 16.0. The third-order valence-corrected chi connectivity index (χ3v) is 4.08. The van der Waals surface area contributed by atoms with Gasteiger partial charge in [0.25, 0.3) is 5.91 Å². The van der Waals surface area contributed by atoms with E-state index in [0.717, 1.165) is 11.1 Å². The van der Waals surface area contributed by atoms with Gasteiger partial charge in [-0.15, -0.1) is 0 Å². The van der Waals surface area contributed by atoms with E-state index >= 15 is 0 Å². The molecule has 0 saturated heterocycles. The smallest absolute Gasteiger partial charge is 0.269 e. The molecular formula is C20H21N3O4. The maximum Gasteiger partial charge on any atom is 0.269 e. The van der Waals surface area contributed by atoms with Crippen LogP contribution in [0.4, 0.5) is 0 Å². The number of amides is 1. The molecule has 2 N–H and O–H groups in total. The van der Waals surface area contributed by atoms with E-state index in [9.17, 15) is 4.79 Å². The second kappa shape index (κ2) is 8.27. The molecular weight excluding hydrogens is 346 g/mol. The topological polar surface area (TPSA) is 85.5 Å². The Morgan fingerprint density at radius 3 is 2.26 bits per heavy atom. The first-order valence-corrected chi connectivity index (χ1v) is 8.34. The van der Waals surface area contributed by atoms with Crippen molar-refractivity contribution < 1.29 is 19.0 Å². The standard InChI is InChI=1S/C20H21N3O4/c1-25-17-9-14(10-18(26-2)19(17)27-3)15-11-16(23-22-15)20(24)21-12-13-7-5-4-6-8-13/h4-11H,12H2,1-3H3,(H,21,24)(H,22,23). The monoisotopic (exact) mass is 367 g/mol. The minimum absolute atomic E-state index is 0.231. The fourth-order valence-corrected chi connectivity index (χ4v) is 2.69. The summed E-state index contributed by atoms with van der Waals surface area (Å²) in [6, 6.07) is 14.9. The van der Waals surface area contributed by atoms with Crippen LogP contribution < -0.4 is 19.5 Å². The summed E-state index contributed by atoms with van der Waals surface area (Å²) in [6.45, 7) is 0.443. The van der Waals surface area contributed by atoms with E-state index in [0.29, 0.717) is 35.2 Å². The van der Waals surface area contributed by atoms with Crippen LogP contribution in [0, 0.1) is 0 Å². The Hall–Kier alpha value is -3.48. The highest BCUT2D eigenvalue weighted by Crippen LogP contribution is 2.40. The van der Waals surface area contributed by atoms with Gasteiger partial charge in [-0.3, -0.25) is 9.89 Å². The summed E-state index contributed by atoms with van der Waals surface area (Å²) >= 11 is 0. The molecule has 1 heterocycles. The van der Waals surface area contributed by atoms with Gasteiger partial charge in [-0.1, -0.05) is 30.3 Å². The van der Waals surface area contributed by atoms with E-state index in [-0.39, 0.29) is 5.91 Å². The number of aromatic amines is 1. The lowest BCUT2D eigenvalue weighted by Crippen LogP contribution is -2.23. The van der Waals surface area contributed by atoms with Crippen molar-refractivity contribution in [3.63, 3.8) is 0 Å². The first kappa shape index (κ1) is 18.3. The van der Waals surface area contributed by atoms with Gasteiger partial charge < -0.3 is 19.5 Å². The molecule has 7 heteroatoms. The van der Waals surface area contributed by atoms with E-state index < -0.39 is 0 Å². The van der Waals surface area contributed by atoms with Crippen molar-refractivity contribution in [2.75, 3.05) is 21.3 Å². The van der Waals surface area contributed by atoms with Crippen LogP contribution in [0.25, 0.3) is 11.3 Å². The Morgan fingerprint density at radius 1 is 1.00 bits per heavy atom. The van der Waals surface area contributed by atoms with Gasteiger partial charge in [-0.2, -0.15) is 5.10 Å². The zero-order valence-electron chi connectivity index (χ0n) is 15.4. The maximum absolute atomic E-state index is 12.4. The van der Waals surface area contributed by atoms with Gasteiger partial charge in [0.15, 0.2) is 11.5 Å². The van der Waals surface area contributed by atoms with Crippen molar-refractivity contribution in [3.05, 3.63) is 59.8 Å². The number of carbonyl (C=O) groups excluding carboxylic acids is 1. The van der Waals surface area contributed by atoms with Crippen LogP contribution in [0.5, 0.6) is 17.2 Å². The summed E-state index contributed by atoms with van der Waals surface area (Å²) in [5.74, 6) is 1.31. The lowest BCUT2D eigenvalue weighted by molar-refractivity contribution is 0.0946. The molecule has 0 atom stereocenters. The summed E-state index contributed by atoms with van der Waals surface area (Å²) in [5, 5.41) is 9.86. The molecule has 0 aliphatic carbocycles. The van der Waals surface area contributed by atoms with E-state index in [1.165, 1.54) is 0 Å². The van der Waals surface area contributed by atoms with E-state index in [2.05, 4.69) is 15.5 Å². The molecule has 7 nitrogen and oxygen atoms in total. The lowest BCUT2D eigenvalue weighted by Gasteiger charge is -2.13. The van der Waals surface area contributed by atoms with E-state index in [4.69, 9.17) is 14.2 Å². The number of methoxy groups -OCH3 is 3. The minimum atomic E-state index is -0.231. The number of nitrogens with zero attached hydrogens (tertiary/aromatic N) is 1. The van der Waals surface area contributed by atoms with Gasteiger partial charge in [0.2, 0.25) is 5.75 Å². The average molecular weight is 367 g/mol. The van der Waals surface area contributed by atoms with E-state index in [1.807, 2.05) is 30.3 Å². The number of carbonyl (C=O) groups is 1. The maximum atomic E-state index is 12.4. The molecule has 0 unspecified atom stereocenters. The summed E-state index contributed by atoms with van der Waals surface area (Å²) in [6.07, 6.45) is 0. The number of H-pyrrole nitrogens is 1. The zero-order chi connectivity index (χ0) is 19.2. The summed E-state index contributed by atoms with van der Waals surface area (Å²) in [7, 11) is 4.64. The van der Waals surface area contributed by atoms with Crippen LogP contribution in [0.3, 0.4) is 0 Å². The molecule has 0 radical (unpaired) electrons. The molecule has 1 amide bonds. The third kappa shape index (κ3) is 4.03. The van der Waals surface area contributed by atoms with Crippen LogP contribution in [0.2, 0.25) is 0 Å². The van der Waals surface area contributed by atoms with Crippen molar-refractivity contribution in [2.45, 2.75) is 6.54 Å². The fraction of sp³-hybridized carbons (Fsp3) is 0.200. The molecule has 0 fully saturated rings. The van der Waals surface area contributed by atoms with Crippen LogP contribution >= 0.6 is 0 Å². The number of ether oxygens (including phenoxy) is 3. The van der Waals surface area contributed by atoms with E-state index in [1.54, 1.807) is 39.5 Å². The SMILES string of the molecule is COc1cc(-c2cc(C(=O)NCc3ccccc3)[nH]n2)cc(OC)c1OC. The number of aromatic nitrogens is 2. The number of nitrogens with one attached hydrogen (secondary N) is 2. The normalized spacial score (nSPS) is 10.3. The molecule has 0 aliphatic heterocycles. The van der Waals surface area contributed by atoms with Gasteiger partial charge in [0.05, 0.1) is 27.0 Å². The second-order valence-corrected chi connectivity index (χ2v) is 5.75. The largest absolute Gasteiger partial charge is 0.493 e. The van der Waals surface area contributed by atoms with Crippen LogP contribution in [0.15, 0.2) is 48.5 Å². The molecule has 1 aromatic heterocycles. The first-order chi connectivity index (χ1) is 13.2. The molecule has 27 heavy (non-hydrogen) atoms. The quantitative estimate of drug-likeness (QED) is 0.670. The Morgan fingerprint density at radius 2 is 1.67 bits per heavy atom. The minimum Gasteiger partial charge on any atom is -0.493 e. The second-order valence-electron chi connectivity index (χ2n) is 5.75. The zero-order valence-corrected chi connectivity index (χ0v) is 15.4. The van der Waals surface area contributed by atoms with Crippen LogP contribution in [-0.4, -0.2) is 37.4 Å². The molecule has 0 aliphatic rings.